The van der Waals surface area contributed by atoms with E-state index in [-0.39, 0.29) is 17.5 Å². The predicted molar refractivity (Wildman–Crippen MR) is 111 cm³/mol. The zero-order valence-electron chi connectivity index (χ0n) is 17.0. The van der Waals surface area contributed by atoms with E-state index in [1.165, 1.54) is 9.87 Å². The Balaban J connectivity index is 1.51. The number of urea groups is 1. The molecule has 2 aromatic rings. The van der Waals surface area contributed by atoms with Gasteiger partial charge in [0, 0.05) is 32.7 Å². The average molecular weight is 420 g/mol. The van der Waals surface area contributed by atoms with Crippen molar-refractivity contribution in [3.05, 3.63) is 47.3 Å². The Bertz CT molecular complexity index is 907. The third kappa shape index (κ3) is 5.16. The zero-order chi connectivity index (χ0) is 20.9. The third-order valence-electron chi connectivity index (χ3n) is 5.16. The Morgan fingerprint density at radius 3 is 2.59 bits per heavy atom. The van der Waals surface area contributed by atoms with Crippen molar-refractivity contribution in [1.82, 2.24) is 24.7 Å². The van der Waals surface area contributed by atoms with Crippen molar-refractivity contribution >= 4 is 16.1 Å². The van der Waals surface area contributed by atoms with Gasteiger partial charge in [-0.2, -0.15) is 9.40 Å². The minimum atomic E-state index is -3.62. The molecule has 0 saturated carbocycles. The normalized spacial score (nSPS) is 15.9. The maximum atomic E-state index is 13.0. The summed E-state index contributed by atoms with van der Waals surface area (Å²) in [5.74, 6) is 0. The average Bonchev–Trinajstić information content (AvgIpc) is 2.91. The lowest BCUT2D eigenvalue weighted by Gasteiger charge is -2.22. The molecule has 0 atom stereocenters. The van der Waals surface area contributed by atoms with E-state index in [1.54, 1.807) is 18.7 Å². The van der Waals surface area contributed by atoms with Gasteiger partial charge in [-0.05, 0) is 38.7 Å². The molecule has 1 aromatic carbocycles. The smallest absolute Gasteiger partial charge is 0.317 e. The summed E-state index contributed by atoms with van der Waals surface area (Å²) in [5, 5.41) is 9.69. The number of aromatic amines is 1. The van der Waals surface area contributed by atoms with Crippen LogP contribution in [0.2, 0.25) is 0 Å². The van der Waals surface area contributed by atoms with Crippen LogP contribution in [0.5, 0.6) is 0 Å². The lowest BCUT2D eigenvalue weighted by Crippen LogP contribution is -2.43. The highest BCUT2D eigenvalue weighted by molar-refractivity contribution is 7.89. The minimum Gasteiger partial charge on any atom is -0.338 e. The van der Waals surface area contributed by atoms with Crippen molar-refractivity contribution in [2.45, 2.75) is 38.0 Å². The number of hydrogen-bond donors (Lipinski definition) is 2. The standard InChI is InChI=1S/C20H29N5O3S/c1-16-19(17(2)23-22-16)29(27,28)25-13-7-12-24(14-15-25)20(26)21-11-6-10-18-8-4-3-5-9-18/h3-5,8-9H,6-7,10-15H2,1-2H3,(H,21,26)(H,22,23). The van der Waals surface area contributed by atoms with Crippen LogP contribution in [-0.2, 0) is 16.4 Å². The highest BCUT2D eigenvalue weighted by Gasteiger charge is 2.31. The van der Waals surface area contributed by atoms with Gasteiger partial charge in [0.2, 0.25) is 10.0 Å². The van der Waals surface area contributed by atoms with Crippen LogP contribution in [0.15, 0.2) is 35.2 Å². The summed E-state index contributed by atoms with van der Waals surface area (Å²) < 4.78 is 27.5. The SMILES string of the molecule is Cc1n[nH]c(C)c1S(=O)(=O)N1CCCN(C(=O)NCCCc2ccccc2)CC1. The number of hydrogen-bond acceptors (Lipinski definition) is 4. The second-order valence-corrected chi connectivity index (χ2v) is 9.20. The molecule has 2 heterocycles. The van der Waals surface area contributed by atoms with Crippen molar-refractivity contribution in [1.29, 1.82) is 0 Å². The maximum absolute atomic E-state index is 13.0. The van der Waals surface area contributed by atoms with E-state index in [2.05, 4.69) is 27.6 Å². The second kappa shape index (κ2) is 9.41. The molecule has 1 aliphatic heterocycles. The molecule has 9 heteroatoms. The van der Waals surface area contributed by atoms with Crippen molar-refractivity contribution in [3.63, 3.8) is 0 Å². The summed E-state index contributed by atoms with van der Waals surface area (Å²) >= 11 is 0. The number of sulfonamides is 1. The van der Waals surface area contributed by atoms with Crippen LogP contribution < -0.4 is 5.32 Å². The molecule has 2 N–H and O–H groups in total. The largest absolute Gasteiger partial charge is 0.338 e. The number of benzene rings is 1. The quantitative estimate of drug-likeness (QED) is 0.700. The number of aryl methyl sites for hydroxylation is 3. The molecule has 0 aliphatic carbocycles. The molecule has 0 spiro atoms. The minimum absolute atomic E-state index is 0.131. The van der Waals surface area contributed by atoms with E-state index in [4.69, 9.17) is 0 Å². The van der Waals surface area contributed by atoms with E-state index >= 15 is 0 Å². The number of nitrogens with one attached hydrogen (secondary N) is 2. The third-order valence-corrected chi connectivity index (χ3v) is 7.32. The van der Waals surface area contributed by atoms with Crippen molar-refractivity contribution in [3.8, 4) is 0 Å². The van der Waals surface area contributed by atoms with Gasteiger partial charge in [-0.15, -0.1) is 0 Å². The summed E-state index contributed by atoms with van der Waals surface area (Å²) in [4.78, 5) is 14.4. The fraction of sp³-hybridized carbons (Fsp3) is 0.500. The molecular weight excluding hydrogens is 390 g/mol. The summed E-state index contributed by atoms with van der Waals surface area (Å²) in [6.45, 7) is 5.58. The van der Waals surface area contributed by atoms with Gasteiger partial charge in [-0.25, -0.2) is 13.2 Å². The van der Waals surface area contributed by atoms with Crippen molar-refractivity contribution in [2.75, 3.05) is 32.7 Å². The molecule has 1 aromatic heterocycles. The highest BCUT2D eigenvalue weighted by atomic mass is 32.2. The molecule has 1 aliphatic rings. The van der Waals surface area contributed by atoms with Gasteiger partial charge in [0.15, 0.2) is 0 Å². The first-order chi connectivity index (χ1) is 13.9. The Labute approximate surface area is 172 Å². The number of amides is 2. The number of H-pyrrole nitrogens is 1. The van der Waals surface area contributed by atoms with Crippen LogP contribution in [0.25, 0.3) is 0 Å². The fourth-order valence-electron chi connectivity index (χ4n) is 3.63. The van der Waals surface area contributed by atoms with Gasteiger partial charge in [-0.1, -0.05) is 30.3 Å². The Morgan fingerprint density at radius 2 is 1.90 bits per heavy atom. The van der Waals surface area contributed by atoms with E-state index in [1.807, 2.05) is 18.2 Å². The monoisotopic (exact) mass is 419 g/mol. The van der Waals surface area contributed by atoms with E-state index in [9.17, 15) is 13.2 Å². The first kappa shape index (κ1) is 21.3. The maximum Gasteiger partial charge on any atom is 0.317 e. The highest BCUT2D eigenvalue weighted by Crippen LogP contribution is 2.22. The molecule has 2 amide bonds. The molecule has 3 rings (SSSR count). The molecule has 1 saturated heterocycles. The molecule has 0 radical (unpaired) electrons. The molecule has 8 nitrogen and oxygen atoms in total. The van der Waals surface area contributed by atoms with Gasteiger partial charge in [0.05, 0.1) is 11.4 Å². The number of nitrogens with zero attached hydrogens (tertiary/aromatic N) is 3. The number of carbonyl (C=O) groups is 1. The van der Waals surface area contributed by atoms with Gasteiger partial charge < -0.3 is 10.2 Å². The number of aromatic nitrogens is 2. The molecule has 29 heavy (non-hydrogen) atoms. The topological polar surface area (TPSA) is 98.4 Å². The molecule has 1 fully saturated rings. The van der Waals surface area contributed by atoms with Crippen LogP contribution in [0.1, 0.15) is 29.8 Å². The van der Waals surface area contributed by atoms with Gasteiger partial charge in [-0.3, -0.25) is 5.10 Å². The van der Waals surface area contributed by atoms with E-state index in [0.29, 0.717) is 44.0 Å². The van der Waals surface area contributed by atoms with Gasteiger partial charge in [0.25, 0.3) is 0 Å². The Hall–Kier alpha value is -2.39. The lowest BCUT2D eigenvalue weighted by molar-refractivity contribution is 0.200. The Morgan fingerprint density at radius 1 is 1.14 bits per heavy atom. The number of rotatable bonds is 6. The van der Waals surface area contributed by atoms with Crippen LogP contribution >= 0.6 is 0 Å². The van der Waals surface area contributed by atoms with Crippen LogP contribution in [0, 0.1) is 13.8 Å². The summed E-state index contributed by atoms with van der Waals surface area (Å²) in [6.07, 6.45) is 2.38. The van der Waals surface area contributed by atoms with Gasteiger partial charge in [0.1, 0.15) is 4.90 Å². The second-order valence-electron chi connectivity index (χ2n) is 7.33. The Kier molecular flexibility index (Phi) is 6.92. The lowest BCUT2D eigenvalue weighted by atomic mass is 10.1. The first-order valence-corrected chi connectivity index (χ1v) is 11.4. The van der Waals surface area contributed by atoms with Crippen LogP contribution in [-0.4, -0.2) is 66.6 Å². The van der Waals surface area contributed by atoms with Crippen LogP contribution in [0.3, 0.4) is 0 Å². The zero-order valence-corrected chi connectivity index (χ0v) is 17.8. The summed E-state index contributed by atoms with van der Waals surface area (Å²) in [5.41, 5.74) is 2.27. The van der Waals surface area contributed by atoms with Crippen molar-refractivity contribution in [2.24, 2.45) is 0 Å². The fourth-order valence-corrected chi connectivity index (χ4v) is 5.43. The summed E-state index contributed by atoms with van der Waals surface area (Å²) in [6, 6.07) is 10.0. The van der Waals surface area contributed by atoms with Crippen LogP contribution in [0.4, 0.5) is 4.79 Å². The first-order valence-electron chi connectivity index (χ1n) is 9.98. The van der Waals surface area contributed by atoms with E-state index in [0.717, 1.165) is 12.8 Å². The molecular formula is C20H29N5O3S. The summed E-state index contributed by atoms with van der Waals surface area (Å²) in [7, 11) is -3.62. The predicted octanol–water partition coefficient (Wildman–Crippen LogP) is 2.07. The van der Waals surface area contributed by atoms with E-state index < -0.39 is 10.0 Å². The molecule has 158 valence electrons. The van der Waals surface area contributed by atoms with Gasteiger partial charge >= 0.3 is 6.03 Å². The number of carbonyl (C=O) groups excluding carboxylic acids is 1. The molecule has 0 bridgehead atoms. The van der Waals surface area contributed by atoms with Crippen molar-refractivity contribution < 1.29 is 13.2 Å². The molecule has 0 unspecified atom stereocenters.